The minimum atomic E-state index is -1.14. The summed E-state index contributed by atoms with van der Waals surface area (Å²) in [5.74, 6) is -0.903. The van der Waals surface area contributed by atoms with E-state index >= 15 is 0 Å². The minimum absolute atomic E-state index is 0.726. The number of carboxylic acids is 1. The Morgan fingerprint density at radius 1 is 1.11 bits per heavy atom. The fourth-order valence-corrected chi connectivity index (χ4v) is 2.03. The molecule has 0 aliphatic carbocycles. The third-order valence-corrected chi connectivity index (χ3v) is 3.19. The lowest BCUT2D eigenvalue weighted by Gasteiger charge is -2.28. The van der Waals surface area contributed by atoms with Crippen LogP contribution in [-0.2, 0) is 10.3 Å². The lowest BCUT2D eigenvalue weighted by molar-refractivity contribution is -0.142. The van der Waals surface area contributed by atoms with Crippen molar-refractivity contribution in [1.82, 2.24) is 0 Å². The van der Waals surface area contributed by atoms with Gasteiger partial charge in [0.1, 0.15) is 0 Å². The molecule has 98 valence electrons. The highest BCUT2D eigenvalue weighted by molar-refractivity contribution is 5.84. The Balaban J connectivity index is 2.39. The fraction of sp³-hybridized carbons (Fsp3) is 0.188. The Labute approximate surface area is 112 Å². The van der Waals surface area contributed by atoms with E-state index in [9.17, 15) is 9.90 Å². The van der Waals surface area contributed by atoms with Gasteiger partial charge in [-0.15, -0.1) is 0 Å². The van der Waals surface area contributed by atoms with Crippen molar-refractivity contribution in [2.24, 2.45) is 0 Å². The van der Waals surface area contributed by atoms with E-state index in [1.54, 1.807) is 6.92 Å². The zero-order chi connectivity index (χ0) is 13.9. The van der Waals surface area contributed by atoms with E-state index in [2.05, 4.69) is 5.32 Å². The maximum absolute atomic E-state index is 11.6. The Bertz CT molecular complexity index is 580. The molecular formula is C16H17NO2. The van der Waals surface area contributed by atoms with Crippen LogP contribution in [0.1, 0.15) is 18.1 Å². The van der Waals surface area contributed by atoms with Crippen LogP contribution in [0.15, 0.2) is 54.6 Å². The molecule has 2 aromatic rings. The summed E-state index contributed by atoms with van der Waals surface area (Å²) in [4.78, 5) is 11.6. The van der Waals surface area contributed by atoms with Gasteiger partial charge in [-0.1, -0.05) is 42.5 Å². The number of carboxylic acid groups (broad SMARTS) is 1. The monoisotopic (exact) mass is 255 g/mol. The largest absolute Gasteiger partial charge is 0.479 e. The Morgan fingerprint density at radius 2 is 1.79 bits per heavy atom. The summed E-state index contributed by atoms with van der Waals surface area (Å²) in [7, 11) is 0. The number of nitrogens with one attached hydrogen (secondary N) is 1. The Hall–Kier alpha value is -2.29. The van der Waals surface area contributed by atoms with Crippen molar-refractivity contribution < 1.29 is 9.90 Å². The first kappa shape index (κ1) is 13.1. The predicted molar refractivity (Wildman–Crippen MR) is 76.2 cm³/mol. The van der Waals surface area contributed by atoms with Crippen LogP contribution in [0.25, 0.3) is 0 Å². The molecule has 2 N–H and O–H groups in total. The summed E-state index contributed by atoms with van der Waals surface area (Å²) in [5.41, 5.74) is 1.47. The lowest BCUT2D eigenvalue weighted by atomic mass is 9.91. The number of aliphatic carboxylic acids is 1. The summed E-state index contributed by atoms with van der Waals surface area (Å²) in [5, 5.41) is 12.7. The van der Waals surface area contributed by atoms with E-state index in [1.165, 1.54) is 0 Å². The van der Waals surface area contributed by atoms with E-state index < -0.39 is 11.5 Å². The standard InChI is InChI=1S/C16H17NO2/c1-12-7-6-10-14(11-12)17-16(2,15(18)19)13-8-4-3-5-9-13/h3-11,17H,1-2H3,(H,18,19). The van der Waals surface area contributed by atoms with Gasteiger partial charge >= 0.3 is 5.97 Å². The van der Waals surface area contributed by atoms with E-state index in [1.807, 2.05) is 61.5 Å². The highest BCUT2D eigenvalue weighted by atomic mass is 16.4. The van der Waals surface area contributed by atoms with Crippen LogP contribution in [0.3, 0.4) is 0 Å². The molecule has 0 aromatic heterocycles. The topological polar surface area (TPSA) is 49.3 Å². The van der Waals surface area contributed by atoms with E-state index in [0.717, 1.165) is 16.8 Å². The van der Waals surface area contributed by atoms with Crippen LogP contribution in [0.5, 0.6) is 0 Å². The number of hydrogen-bond donors (Lipinski definition) is 2. The molecule has 0 saturated heterocycles. The van der Waals surface area contributed by atoms with Crippen molar-refractivity contribution >= 4 is 11.7 Å². The first-order chi connectivity index (χ1) is 9.02. The molecule has 0 amide bonds. The number of aryl methyl sites for hydroxylation is 1. The van der Waals surface area contributed by atoms with Crippen LogP contribution < -0.4 is 5.32 Å². The zero-order valence-electron chi connectivity index (χ0n) is 11.1. The quantitative estimate of drug-likeness (QED) is 0.880. The van der Waals surface area contributed by atoms with Gasteiger partial charge in [0, 0.05) is 5.69 Å². The van der Waals surface area contributed by atoms with E-state index in [4.69, 9.17) is 0 Å². The molecule has 0 aliphatic rings. The Morgan fingerprint density at radius 3 is 2.37 bits per heavy atom. The second kappa shape index (κ2) is 5.14. The molecule has 0 bridgehead atoms. The highest BCUT2D eigenvalue weighted by Crippen LogP contribution is 2.26. The van der Waals surface area contributed by atoms with Gasteiger partial charge in [-0.05, 0) is 37.1 Å². The van der Waals surface area contributed by atoms with Gasteiger partial charge in [0.25, 0.3) is 0 Å². The summed E-state index contributed by atoms with van der Waals surface area (Å²) in [6, 6.07) is 16.9. The zero-order valence-corrected chi connectivity index (χ0v) is 11.1. The van der Waals surface area contributed by atoms with Crippen molar-refractivity contribution in [1.29, 1.82) is 0 Å². The number of rotatable bonds is 4. The lowest BCUT2D eigenvalue weighted by Crippen LogP contribution is -2.40. The summed E-state index contributed by atoms with van der Waals surface area (Å²) in [6.45, 7) is 3.65. The number of benzene rings is 2. The van der Waals surface area contributed by atoms with Gasteiger partial charge < -0.3 is 10.4 Å². The van der Waals surface area contributed by atoms with Crippen molar-refractivity contribution in [2.45, 2.75) is 19.4 Å². The molecule has 2 rings (SSSR count). The number of carbonyl (C=O) groups is 1. The predicted octanol–water partition coefficient (Wildman–Crippen LogP) is 3.41. The van der Waals surface area contributed by atoms with Crippen LogP contribution in [-0.4, -0.2) is 11.1 Å². The van der Waals surface area contributed by atoms with Crippen molar-refractivity contribution in [3.05, 3.63) is 65.7 Å². The molecule has 0 radical (unpaired) electrons. The van der Waals surface area contributed by atoms with E-state index in [0.29, 0.717) is 0 Å². The van der Waals surface area contributed by atoms with Gasteiger partial charge in [-0.25, -0.2) is 4.79 Å². The maximum atomic E-state index is 11.6. The van der Waals surface area contributed by atoms with Gasteiger partial charge in [0.15, 0.2) is 5.54 Å². The molecule has 2 aromatic carbocycles. The summed E-state index contributed by atoms with van der Waals surface area (Å²) < 4.78 is 0. The molecule has 1 unspecified atom stereocenters. The molecule has 0 spiro atoms. The molecule has 19 heavy (non-hydrogen) atoms. The Kier molecular flexibility index (Phi) is 3.56. The minimum Gasteiger partial charge on any atom is -0.479 e. The van der Waals surface area contributed by atoms with Crippen molar-refractivity contribution in [2.75, 3.05) is 5.32 Å². The van der Waals surface area contributed by atoms with Gasteiger partial charge in [-0.2, -0.15) is 0 Å². The van der Waals surface area contributed by atoms with Crippen LogP contribution in [0, 0.1) is 6.92 Å². The summed E-state index contributed by atoms with van der Waals surface area (Å²) in [6.07, 6.45) is 0. The second-order valence-electron chi connectivity index (χ2n) is 4.79. The molecule has 0 saturated carbocycles. The first-order valence-electron chi connectivity index (χ1n) is 6.16. The van der Waals surface area contributed by atoms with Gasteiger partial charge in [0.2, 0.25) is 0 Å². The van der Waals surface area contributed by atoms with Crippen molar-refractivity contribution in [3.8, 4) is 0 Å². The van der Waals surface area contributed by atoms with Crippen LogP contribution in [0.4, 0.5) is 5.69 Å². The fourth-order valence-electron chi connectivity index (χ4n) is 2.03. The first-order valence-corrected chi connectivity index (χ1v) is 6.16. The molecule has 0 heterocycles. The molecule has 0 aliphatic heterocycles. The van der Waals surface area contributed by atoms with Gasteiger partial charge in [0.05, 0.1) is 0 Å². The summed E-state index contributed by atoms with van der Waals surface area (Å²) >= 11 is 0. The third-order valence-electron chi connectivity index (χ3n) is 3.19. The van der Waals surface area contributed by atoms with Crippen molar-refractivity contribution in [3.63, 3.8) is 0 Å². The van der Waals surface area contributed by atoms with Gasteiger partial charge in [-0.3, -0.25) is 0 Å². The maximum Gasteiger partial charge on any atom is 0.333 e. The number of anilines is 1. The third kappa shape index (κ3) is 2.76. The average Bonchev–Trinajstić information content (AvgIpc) is 2.39. The molecule has 0 fully saturated rings. The second-order valence-corrected chi connectivity index (χ2v) is 4.79. The average molecular weight is 255 g/mol. The molecule has 3 heteroatoms. The normalized spacial score (nSPS) is 13.6. The van der Waals surface area contributed by atoms with Crippen LogP contribution >= 0.6 is 0 Å². The molecular weight excluding hydrogens is 238 g/mol. The molecule has 1 atom stereocenters. The SMILES string of the molecule is Cc1cccc(NC(C)(C(=O)O)c2ccccc2)c1. The highest BCUT2D eigenvalue weighted by Gasteiger charge is 2.34. The number of hydrogen-bond acceptors (Lipinski definition) is 2. The smallest absolute Gasteiger partial charge is 0.333 e. The van der Waals surface area contributed by atoms with Crippen LogP contribution in [0.2, 0.25) is 0 Å². The molecule has 3 nitrogen and oxygen atoms in total. The van der Waals surface area contributed by atoms with E-state index in [-0.39, 0.29) is 0 Å².